The van der Waals surface area contributed by atoms with Crippen molar-refractivity contribution in [3.8, 4) is 0 Å². The zero-order chi connectivity index (χ0) is 11.8. The number of azo groups is 1. The summed E-state index contributed by atoms with van der Waals surface area (Å²) in [7, 11) is 0. The molecule has 0 radical (unpaired) electrons. The molecule has 0 fully saturated rings. The van der Waals surface area contributed by atoms with Gasteiger partial charge in [-0.15, -0.1) is 10.2 Å². The van der Waals surface area contributed by atoms with Crippen molar-refractivity contribution in [2.24, 2.45) is 16.0 Å². The SMILES string of the molecule is NC(=O)c1cc2c3c(c1)N=N/C3=C/C=C\C=C/2. The average Bonchev–Trinajstić information content (AvgIpc) is 2.67. The summed E-state index contributed by atoms with van der Waals surface area (Å²) in [6, 6.07) is 3.44. The lowest BCUT2D eigenvalue weighted by Gasteiger charge is -2.06. The van der Waals surface area contributed by atoms with E-state index in [9.17, 15) is 4.79 Å². The van der Waals surface area contributed by atoms with E-state index in [0.29, 0.717) is 11.3 Å². The second-order valence-electron chi connectivity index (χ2n) is 3.82. The molecule has 4 nitrogen and oxygen atoms in total. The highest BCUT2D eigenvalue weighted by Gasteiger charge is 2.19. The standard InChI is InChI=1S/C13H9N3O/c14-13(17)9-6-8-4-2-1-3-5-10-12(8)11(7-9)16-15-10/h1-7H,(H2,14,17)/b2-1?,3-1-,4-2-,5-3?,8-4?,10-5+. The Labute approximate surface area is 97.9 Å². The monoisotopic (exact) mass is 223 g/mol. The first kappa shape index (κ1) is 9.72. The predicted octanol–water partition coefficient (Wildman–Crippen LogP) is 2.81. The summed E-state index contributed by atoms with van der Waals surface area (Å²) in [5.41, 5.74) is 9.12. The van der Waals surface area contributed by atoms with Crippen LogP contribution in [0.3, 0.4) is 0 Å². The molecule has 0 saturated heterocycles. The molecule has 0 bridgehead atoms. The van der Waals surface area contributed by atoms with Gasteiger partial charge in [-0.1, -0.05) is 24.3 Å². The van der Waals surface area contributed by atoms with Gasteiger partial charge in [0.25, 0.3) is 0 Å². The van der Waals surface area contributed by atoms with Crippen LogP contribution in [0.4, 0.5) is 5.69 Å². The van der Waals surface area contributed by atoms with Crippen LogP contribution in [-0.4, -0.2) is 5.91 Å². The van der Waals surface area contributed by atoms with Crippen LogP contribution in [0.15, 0.2) is 46.7 Å². The maximum absolute atomic E-state index is 11.2. The molecule has 3 rings (SSSR count). The second-order valence-corrected chi connectivity index (χ2v) is 3.82. The third-order valence-corrected chi connectivity index (χ3v) is 2.71. The van der Waals surface area contributed by atoms with Gasteiger partial charge in [0.2, 0.25) is 5.91 Å². The van der Waals surface area contributed by atoms with Crippen LogP contribution in [0.25, 0.3) is 11.8 Å². The van der Waals surface area contributed by atoms with Crippen LogP contribution in [0, 0.1) is 0 Å². The first-order valence-corrected chi connectivity index (χ1v) is 5.21. The van der Waals surface area contributed by atoms with Crippen molar-refractivity contribution >= 4 is 23.4 Å². The van der Waals surface area contributed by atoms with Crippen LogP contribution in [0.5, 0.6) is 0 Å². The number of hydrogen-bond acceptors (Lipinski definition) is 3. The van der Waals surface area contributed by atoms with Gasteiger partial charge >= 0.3 is 0 Å². The average molecular weight is 223 g/mol. The lowest BCUT2D eigenvalue weighted by atomic mass is 9.98. The van der Waals surface area contributed by atoms with Gasteiger partial charge in [0, 0.05) is 11.1 Å². The number of primary amides is 1. The maximum Gasteiger partial charge on any atom is 0.248 e. The van der Waals surface area contributed by atoms with Crippen molar-refractivity contribution in [3.63, 3.8) is 0 Å². The maximum atomic E-state index is 11.2. The summed E-state index contributed by atoms with van der Waals surface area (Å²) in [4.78, 5) is 11.2. The highest BCUT2D eigenvalue weighted by atomic mass is 16.1. The third-order valence-electron chi connectivity index (χ3n) is 2.71. The van der Waals surface area contributed by atoms with Crippen LogP contribution in [-0.2, 0) is 0 Å². The number of allylic oxidation sites excluding steroid dienone is 4. The molecule has 0 atom stereocenters. The van der Waals surface area contributed by atoms with Crippen molar-refractivity contribution in [2.45, 2.75) is 0 Å². The van der Waals surface area contributed by atoms with E-state index in [1.165, 1.54) is 0 Å². The largest absolute Gasteiger partial charge is 0.366 e. The number of amides is 1. The Morgan fingerprint density at radius 3 is 2.82 bits per heavy atom. The topological polar surface area (TPSA) is 67.8 Å². The summed E-state index contributed by atoms with van der Waals surface area (Å²) in [6.45, 7) is 0. The minimum absolute atomic E-state index is 0.452. The highest BCUT2D eigenvalue weighted by Crippen LogP contribution is 2.39. The van der Waals surface area contributed by atoms with E-state index >= 15 is 0 Å². The predicted molar refractivity (Wildman–Crippen MR) is 65.6 cm³/mol. The molecule has 0 spiro atoms. The van der Waals surface area contributed by atoms with E-state index in [1.807, 2.05) is 30.4 Å². The Hall–Kier alpha value is -2.49. The molecule has 1 aliphatic heterocycles. The van der Waals surface area contributed by atoms with E-state index < -0.39 is 5.91 Å². The highest BCUT2D eigenvalue weighted by molar-refractivity contribution is 5.97. The Bertz CT molecular complexity index is 636. The zero-order valence-electron chi connectivity index (χ0n) is 8.92. The fourth-order valence-corrected chi connectivity index (χ4v) is 1.92. The summed E-state index contributed by atoms with van der Waals surface area (Å²) < 4.78 is 0. The van der Waals surface area contributed by atoms with Crippen molar-refractivity contribution < 1.29 is 4.79 Å². The van der Waals surface area contributed by atoms with E-state index in [-0.39, 0.29) is 0 Å². The quantitative estimate of drug-likeness (QED) is 0.781. The van der Waals surface area contributed by atoms with Crippen molar-refractivity contribution in [3.05, 3.63) is 53.1 Å². The van der Waals surface area contributed by atoms with E-state index in [2.05, 4.69) is 10.2 Å². The number of nitrogens with zero attached hydrogens (tertiary/aromatic N) is 2. The van der Waals surface area contributed by atoms with Crippen molar-refractivity contribution in [1.82, 2.24) is 0 Å². The fraction of sp³-hybridized carbons (Fsp3) is 0. The molecule has 0 saturated carbocycles. The normalized spacial score (nSPS) is 22.0. The Kier molecular flexibility index (Phi) is 2.01. The number of carbonyl (C=O) groups is 1. The summed E-state index contributed by atoms with van der Waals surface area (Å²) >= 11 is 0. The zero-order valence-corrected chi connectivity index (χ0v) is 8.92. The van der Waals surface area contributed by atoms with Crippen LogP contribution < -0.4 is 5.73 Å². The van der Waals surface area contributed by atoms with Gasteiger partial charge in [-0.25, -0.2) is 0 Å². The van der Waals surface area contributed by atoms with Crippen LogP contribution in [0.1, 0.15) is 21.5 Å². The van der Waals surface area contributed by atoms with Crippen LogP contribution in [0.2, 0.25) is 0 Å². The van der Waals surface area contributed by atoms with E-state index in [1.54, 1.807) is 12.1 Å². The Morgan fingerprint density at radius 2 is 2.00 bits per heavy atom. The summed E-state index contributed by atoms with van der Waals surface area (Å²) in [5.74, 6) is -0.456. The number of benzene rings is 1. The molecule has 2 N–H and O–H groups in total. The van der Waals surface area contributed by atoms with Gasteiger partial charge in [-0.2, -0.15) is 0 Å². The lowest BCUT2D eigenvalue weighted by molar-refractivity contribution is 0.100. The number of rotatable bonds is 1. The molecule has 0 unspecified atom stereocenters. The molecular formula is C13H9N3O. The Balaban J connectivity index is 2.31. The smallest absolute Gasteiger partial charge is 0.248 e. The number of hydrogen-bond donors (Lipinski definition) is 1. The fourth-order valence-electron chi connectivity index (χ4n) is 1.92. The lowest BCUT2D eigenvalue weighted by Crippen LogP contribution is -2.11. The van der Waals surface area contributed by atoms with Crippen molar-refractivity contribution in [2.75, 3.05) is 0 Å². The molecule has 82 valence electrons. The minimum atomic E-state index is -0.456. The third kappa shape index (κ3) is 1.50. The molecule has 17 heavy (non-hydrogen) atoms. The van der Waals surface area contributed by atoms with Gasteiger partial charge in [0.05, 0.1) is 11.4 Å². The molecule has 0 aromatic heterocycles. The van der Waals surface area contributed by atoms with E-state index in [4.69, 9.17) is 5.73 Å². The molecular weight excluding hydrogens is 214 g/mol. The molecule has 1 aliphatic carbocycles. The Morgan fingerprint density at radius 1 is 1.12 bits per heavy atom. The second kappa shape index (κ2) is 3.52. The molecule has 1 heterocycles. The first-order valence-electron chi connectivity index (χ1n) is 5.21. The number of carbonyl (C=O) groups excluding carboxylic acids is 1. The van der Waals surface area contributed by atoms with E-state index in [0.717, 1.165) is 16.8 Å². The summed E-state index contributed by atoms with van der Waals surface area (Å²) in [6.07, 6.45) is 9.54. The summed E-state index contributed by atoms with van der Waals surface area (Å²) in [5, 5.41) is 8.15. The van der Waals surface area contributed by atoms with Gasteiger partial charge in [0.1, 0.15) is 0 Å². The van der Waals surface area contributed by atoms with Crippen LogP contribution >= 0.6 is 0 Å². The molecule has 1 aromatic rings. The first-order chi connectivity index (χ1) is 8.25. The number of nitrogens with two attached hydrogens (primary N) is 1. The van der Waals surface area contributed by atoms with Gasteiger partial charge in [-0.05, 0) is 23.8 Å². The van der Waals surface area contributed by atoms with Gasteiger partial charge < -0.3 is 5.73 Å². The molecule has 2 aliphatic rings. The molecule has 1 amide bonds. The van der Waals surface area contributed by atoms with Crippen molar-refractivity contribution in [1.29, 1.82) is 0 Å². The minimum Gasteiger partial charge on any atom is -0.366 e. The van der Waals surface area contributed by atoms with Gasteiger partial charge in [0.15, 0.2) is 0 Å². The van der Waals surface area contributed by atoms with Gasteiger partial charge in [-0.3, -0.25) is 4.79 Å². The molecule has 4 heteroatoms. The molecule has 1 aromatic carbocycles.